The first kappa shape index (κ1) is 30.1. The third kappa shape index (κ3) is 5.77. The fraction of sp³-hybridized carbons (Fsp3) is 0.467. The van der Waals surface area contributed by atoms with E-state index in [9.17, 15) is 10.1 Å². The lowest BCUT2D eigenvalue weighted by molar-refractivity contribution is 0.176. The first-order chi connectivity index (χ1) is 21.0. The molecule has 12 nitrogen and oxygen atoms in total. The average molecular weight is 634 g/mol. The van der Waals surface area contributed by atoms with Gasteiger partial charge >= 0.3 is 6.03 Å². The summed E-state index contributed by atoms with van der Waals surface area (Å²) in [6.07, 6.45) is 5.66. The first-order valence-corrected chi connectivity index (χ1v) is 15.8. The molecule has 0 spiro atoms. The number of anilines is 2. The molecule has 3 N–H and O–H groups in total. The Labute approximate surface area is 266 Å². The molecule has 2 aliphatic heterocycles. The highest BCUT2D eigenvalue weighted by atomic mass is 35.5. The molecule has 3 fully saturated rings. The molecule has 2 saturated heterocycles. The molecule has 3 aliphatic rings. The molecule has 44 heavy (non-hydrogen) atoms. The highest BCUT2D eigenvalue weighted by Gasteiger charge is 2.44. The number of carbonyl (C=O) groups is 1. The Balaban J connectivity index is 0.00000343. The van der Waals surface area contributed by atoms with Crippen LogP contribution in [-0.4, -0.2) is 87.1 Å². The zero-order valence-corrected chi connectivity index (χ0v) is 26.4. The summed E-state index contributed by atoms with van der Waals surface area (Å²) in [6.45, 7) is 9.19. The van der Waals surface area contributed by atoms with Crippen molar-refractivity contribution < 1.29 is 4.79 Å². The molecule has 1 saturated carbocycles. The smallest absolute Gasteiger partial charge is 0.317 e. The summed E-state index contributed by atoms with van der Waals surface area (Å²) >= 11 is 1.59. The predicted octanol–water partition coefficient (Wildman–Crippen LogP) is 3.86. The van der Waals surface area contributed by atoms with Crippen LogP contribution in [0.5, 0.6) is 0 Å². The number of pyridine rings is 1. The lowest BCUT2D eigenvalue weighted by Crippen LogP contribution is -2.57. The van der Waals surface area contributed by atoms with Gasteiger partial charge in [0.05, 0.1) is 34.2 Å². The SMILES string of the molecule is CC(C)Nc1cc(-c2ccc3cc(C#N)cnn23)ncc1-c1nnc(N2C[C@H]3CC[C@@H](C2)[C@@H]3NC(=O)N2CCNCC2)s1.Cl. The first-order valence-electron chi connectivity index (χ1n) is 15.0. The molecule has 7 rings (SSSR count). The number of nitrogens with one attached hydrogen (secondary N) is 3. The second-order valence-corrected chi connectivity index (χ2v) is 12.9. The molecular formula is C30H36ClN11OS. The third-order valence-corrected chi connectivity index (χ3v) is 9.70. The van der Waals surface area contributed by atoms with Crippen LogP contribution in [0.4, 0.5) is 15.6 Å². The van der Waals surface area contributed by atoms with E-state index in [4.69, 9.17) is 4.98 Å². The van der Waals surface area contributed by atoms with Crippen molar-refractivity contribution >= 4 is 46.1 Å². The zero-order chi connectivity index (χ0) is 29.5. The van der Waals surface area contributed by atoms with Gasteiger partial charge in [-0.15, -0.1) is 22.6 Å². The summed E-state index contributed by atoms with van der Waals surface area (Å²) < 4.78 is 1.80. The van der Waals surface area contributed by atoms with Crippen LogP contribution in [0.15, 0.2) is 36.7 Å². The van der Waals surface area contributed by atoms with Crippen LogP contribution in [0.1, 0.15) is 32.3 Å². The van der Waals surface area contributed by atoms with Crippen molar-refractivity contribution in [3.8, 4) is 28.0 Å². The minimum atomic E-state index is 0. The van der Waals surface area contributed by atoms with Gasteiger partial charge in [-0.05, 0) is 62.8 Å². The number of urea groups is 1. The Morgan fingerprint density at radius 3 is 2.61 bits per heavy atom. The van der Waals surface area contributed by atoms with Crippen molar-refractivity contribution in [1.82, 2.24) is 40.3 Å². The zero-order valence-electron chi connectivity index (χ0n) is 24.7. The number of hydrogen-bond acceptors (Lipinski definition) is 10. The highest BCUT2D eigenvalue weighted by molar-refractivity contribution is 7.18. The van der Waals surface area contributed by atoms with E-state index in [1.807, 2.05) is 35.4 Å². The fourth-order valence-corrected chi connectivity index (χ4v) is 7.51. The molecule has 4 aromatic heterocycles. The van der Waals surface area contributed by atoms with E-state index in [-0.39, 0.29) is 30.5 Å². The van der Waals surface area contributed by atoms with Gasteiger partial charge in [0.1, 0.15) is 6.07 Å². The number of carbonyl (C=O) groups excluding carboxylic acids is 1. The van der Waals surface area contributed by atoms with Crippen molar-refractivity contribution in [1.29, 1.82) is 5.26 Å². The van der Waals surface area contributed by atoms with Crippen molar-refractivity contribution in [2.45, 2.75) is 38.8 Å². The number of hydrogen-bond donors (Lipinski definition) is 3. The van der Waals surface area contributed by atoms with Crippen molar-refractivity contribution in [2.24, 2.45) is 11.8 Å². The lowest BCUT2D eigenvalue weighted by atomic mass is 9.92. The van der Waals surface area contributed by atoms with Crippen LogP contribution in [0.25, 0.3) is 27.5 Å². The second kappa shape index (κ2) is 12.6. The van der Waals surface area contributed by atoms with Crippen LogP contribution in [0, 0.1) is 23.2 Å². The molecule has 3 atom stereocenters. The van der Waals surface area contributed by atoms with Crippen molar-refractivity contribution in [3.05, 3.63) is 42.2 Å². The number of piperidine rings is 1. The highest BCUT2D eigenvalue weighted by Crippen LogP contribution is 2.41. The van der Waals surface area contributed by atoms with Crippen LogP contribution in [0.2, 0.25) is 0 Å². The molecule has 4 aromatic rings. The molecule has 0 aromatic carbocycles. The molecule has 14 heteroatoms. The number of aromatic nitrogens is 5. The summed E-state index contributed by atoms with van der Waals surface area (Å²) in [5.74, 6) is 0.818. The summed E-state index contributed by atoms with van der Waals surface area (Å²) in [5.41, 5.74) is 4.82. The van der Waals surface area contributed by atoms with Gasteiger partial charge in [0.15, 0.2) is 5.01 Å². The number of fused-ring (bicyclic) bond motifs is 3. The molecule has 0 radical (unpaired) electrons. The minimum absolute atomic E-state index is 0. The van der Waals surface area contributed by atoms with Crippen molar-refractivity contribution in [2.75, 3.05) is 49.5 Å². The van der Waals surface area contributed by atoms with E-state index < -0.39 is 0 Å². The molecule has 2 amide bonds. The second-order valence-electron chi connectivity index (χ2n) is 11.9. The summed E-state index contributed by atoms with van der Waals surface area (Å²) in [7, 11) is 0. The quantitative estimate of drug-likeness (QED) is 0.289. The normalized spacial score (nSPS) is 21.3. The molecule has 0 unspecified atom stereocenters. The van der Waals surface area contributed by atoms with Gasteiger partial charge in [0.2, 0.25) is 5.13 Å². The van der Waals surface area contributed by atoms with Gasteiger partial charge in [0.25, 0.3) is 0 Å². The minimum Gasteiger partial charge on any atom is -0.382 e. The fourth-order valence-electron chi connectivity index (χ4n) is 6.62. The Kier molecular flexibility index (Phi) is 8.57. The maximum absolute atomic E-state index is 12.9. The number of amides is 2. The molecule has 6 heterocycles. The number of rotatable bonds is 6. The van der Waals surface area contributed by atoms with E-state index >= 15 is 0 Å². The topological polar surface area (TPSA) is 139 Å². The lowest BCUT2D eigenvalue weighted by Gasteiger charge is -2.39. The van der Waals surface area contributed by atoms with Gasteiger partial charge < -0.3 is 25.8 Å². The third-order valence-electron chi connectivity index (χ3n) is 8.68. The Bertz CT molecular complexity index is 1680. The Hall–Kier alpha value is -3.99. The average Bonchev–Trinajstić information content (AvgIpc) is 3.73. The van der Waals surface area contributed by atoms with Crippen LogP contribution in [-0.2, 0) is 0 Å². The number of nitriles is 1. The number of nitrogens with zero attached hydrogens (tertiary/aromatic N) is 8. The Morgan fingerprint density at radius 1 is 1.11 bits per heavy atom. The summed E-state index contributed by atoms with van der Waals surface area (Å²) in [4.78, 5) is 22.0. The van der Waals surface area contributed by atoms with Gasteiger partial charge in [-0.1, -0.05) is 11.3 Å². The monoisotopic (exact) mass is 633 g/mol. The molecular weight excluding hydrogens is 598 g/mol. The summed E-state index contributed by atoms with van der Waals surface area (Å²) in [6, 6.07) is 10.4. The van der Waals surface area contributed by atoms with E-state index in [0.29, 0.717) is 17.4 Å². The van der Waals surface area contributed by atoms with Gasteiger partial charge in [-0.2, -0.15) is 10.4 Å². The number of halogens is 1. The van der Waals surface area contributed by atoms with E-state index in [1.54, 1.807) is 22.0 Å². The largest absolute Gasteiger partial charge is 0.382 e. The maximum atomic E-state index is 12.9. The van der Waals surface area contributed by atoms with E-state index in [0.717, 1.165) is 90.4 Å². The molecule has 230 valence electrons. The van der Waals surface area contributed by atoms with E-state index in [2.05, 4.69) is 56.1 Å². The Morgan fingerprint density at radius 2 is 1.89 bits per heavy atom. The van der Waals surface area contributed by atoms with Crippen LogP contribution >= 0.6 is 23.7 Å². The molecule has 1 aliphatic carbocycles. The van der Waals surface area contributed by atoms with Crippen LogP contribution in [0.3, 0.4) is 0 Å². The van der Waals surface area contributed by atoms with Crippen molar-refractivity contribution in [3.63, 3.8) is 0 Å². The van der Waals surface area contributed by atoms with Gasteiger partial charge in [0, 0.05) is 63.2 Å². The maximum Gasteiger partial charge on any atom is 0.317 e. The summed E-state index contributed by atoms with van der Waals surface area (Å²) in [5, 5.41) is 34.9. The van der Waals surface area contributed by atoms with Gasteiger partial charge in [-0.3, -0.25) is 4.98 Å². The molecule has 2 bridgehead atoms. The van der Waals surface area contributed by atoms with E-state index in [1.165, 1.54) is 0 Å². The standard InChI is InChI=1S/C30H35N11OS.ClH/c1-18(2)35-24-12-25(26-6-5-22-11-19(13-31)14-34-41(22)26)33-15-23(24)28-37-38-30(43-28)40-16-20-3-4-21(17-40)27(20)36-29(42)39-9-7-32-8-10-39;/h5-6,11-12,14-15,18,20-21,27,32H,3-4,7-10,16-17H2,1-2H3,(H,33,35)(H,36,42);1H/t20-,21+,27-;. The predicted molar refractivity (Wildman–Crippen MR) is 173 cm³/mol. The van der Waals surface area contributed by atoms with Crippen LogP contribution < -0.4 is 20.9 Å². The number of piperazine rings is 1. The van der Waals surface area contributed by atoms with Gasteiger partial charge in [-0.25, -0.2) is 9.31 Å².